The Bertz CT molecular complexity index is 1100. The number of aromatic nitrogens is 4. The average Bonchev–Trinajstić information content (AvgIpc) is 3.21. The minimum absolute atomic E-state index is 0.0275. The van der Waals surface area contributed by atoms with Crippen molar-refractivity contribution in [3.63, 3.8) is 0 Å². The molecule has 2 aliphatic rings. The van der Waals surface area contributed by atoms with Crippen LogP contribution in [0.1, 0.15) is 26.1 Å². The van der Waals surface area contributed by atoms with Crippen molar-refractivity contribution in [2.45, 2.75) is 32.4 Å². The lowest BCUT2D eigenvalue weighted by Crippen LogP contribution is -2.49. The highest BCUT2D eigenvalue weighted by atomic mass is 19.3. The molecule has 4 heterocycles. The number of hydrogen-bond acceptors (Lipinski definition) is 7. The Morgan fingerprint density at radius 2 is 1.72 bits per heavy atom. The van der Waals surface area contributed by atoms with E-state index < -0.39 is 6.43 Å². The molecule has 2 atom stereocenters. The van der Waals surface area contributed by atoms with Crippen LogP contribution in [0.2, 0.25) is 0 Å². The zero-order chi connectivity index (χ0) is 22.2. The highest BCUT2D eigenvalue weighted by molar-refractivity contribution is 5.78. The number of anilines is 2. The lowest BCUT2D eigenvalue weighted by atomic mass is 10.1. The molecule has 2 unspecified atom stereocenters. The molecule has 0 N–H and O–H groups in total. The van der Waals surface area contributed by atoms with Gasteiger partial charge in [-0.25, -0.2) is 13.8 Å². The summed E-state index contributed by atoms with van der Waals surface area (Å²) in [5.74, 6) is 1.22. The molecule has 170 valence electrons. The van der Waals surface area contributed by atoms with E-state index in [-0.39, 0.29) is 23.9 Å². The maximum absolute atomic E-state index is 14.0. The van der Waals surface area contributed by atoms with Crippen molar-refractivity contribution >= 4 is 22.7 Å². The third-order valence-electron chi connectivity index (χ3n) is 6.18. The number of hydrogen-bond donors (Lipinski definition) is 0. The van der Waals surface area contributed by atoms with Crippen LogP contribution in [-0.4, -0.2) is 71.1 Å². The molecule has 5 rings (SSSR count). The third-order valence-corrected chi connectivity index (χ3v) is 6.18. The topological polar surface area (TPSA) is 68.5 Å². The number of rotatable bonds is 4. The number of alkyl halides is 2. The molecule has 2 aromatic heterocycles. The van der Waals surface area contributed by atoms with Gasteiger partial charge in [-0.2, -0.15) is 9.97 Å². The molecule has 0 aliphatic carbocycles. The first kappa shape index (κ1) is 21.0. The lowest BCUT2D eigenvalue weighted by Gasteiger charge is -2.39. The minimum atomic E-state index is -2.76. The smallest absolute Gasteiger partial charge is 0.296 e. The van der Waals surface area contributed by atoms with Crippen LogP contribution >= 0.6 is 0 Å². The van der Waals surface area contributed by atoms with E-state index in [0.29, 0.717) is 62.1 Å². The fraction of sp³-hybridized carbons (Fsp3) is 0.500. The molecule has 8 nitrogen and oxygen atoms in total. The van der Waals surface area contributed by atoms with Crippen molar-refractivity contribution in [1.29, 1.82) is 0 Å². The molecule has 0 amide bonds. The van der Waals surface area contributed by atoms with Crippen molar-refractivity contribution in [3.8, 4) is 5.95 Å². The van der Waals surface area contributed by atoms with Gasteiger partial charge in [-0.1, -0.05) is 12.1 Å². The summed E-state index contributed by atoms with van der Waals surface area (Å²) in [6.07, 6.45) is -2.73. The Morgan fingerprint density at radius 3 is 2.50 bits per heavy atom. The Morgan fingerprint density at radius 1 is 0.969 bits per heavy atom. The second-order valence-corrected chi connectivity index (χ2v) is 8.09. The van der Waals surface area contributed by atoms with E-state index in [9.17, 15) is 8.78 Å². The van der Waals surface area contributed by atoms with Gasteiger partial charge in [-0.3, -0.25) is 4.57 Å². The maximum Gasteiger partial charge on any atom is 0.296 e. The van der Waals surface area contributed by atoms with E-state index in [1.807, 2.05) is 13.0 Å². The fourth-order valence-corrected chi connectivity index (χ4v) is 4.27. The van der Waals surface area contributed by atoms with E-state index in [4.69, 9.17) is 19.4 Å². The summed E-state index contributed by atoms with van der Waals surface area (Å²) in [7, 11) is 0. The van der Waals surface area contributed by atoms with Crippen LogP contribution in [0.5, 0.6) is 0 Å². The molecule has 2 fully saturated rings. The molecule has 10 heteroatoms. The molecule has 0 radical (unpaired) electrons. The molecule has 2 aliphatic heterocycles. The minimum Gasteiger partial charge on any atom is -0.378 e. The van der Waals surface area contributed by atoms with Gasteiger partial charge in [0.2, 0.25) is 5.95 Å². The van der Waals surface area contributed by atoms with Crippen LogP contribution < -0.4 is 9.80 Å². The lowest BCUT2D eigenvalue weighted by molar-refractivity contribution is 0.0281. The molecule has 3 aromatic rings. The van der Waals surface area contributed by atoms with Gasteiger partial charge in [-0.15, -0.1) is 0 Å². The molecule has 0 spiro atoms. The Hall–Kier alpha value is -2.85. The summed E-state index contributed by atoms with van der Waals surface area (Å²) >= 11 is 0. The van der Waals surface area contributed by atoms with E-state index in [2.05, 4.69) is 21.7 Å². The van der Waals surface area contributed by atoms with E-state index >= 15 is 0 Å². The summed E-state index contributed by atoms with van der Waals surface area (Å²) in [6.45, 7) is 7.89. The number of fused-ring (bicyclic) bond motifs is 1. The van der Waals surface area contributed by atoms with Crippen molar-refractivity contribution in [2.24, 2.45) is 0 Å². The van der Waals surface area contributed by atoms with Gasteiger partial charge in [0, 0.05) is 25.7 Å². The number of benzene rings is 1. The van der Waals surface area contributed by atoms with Gasteiger partial charge in [0.15, 0.2) is 5.82 Å². The zero-order valence-corrected chi connectivity index (χ0v) is 18.1. The van der Waals surface area contributed by atoms with Crippen LogP contribution in [0.15, 0.2) is 30.3 Å². The number of para-hydroxylation sites is 2. The Kier molecular flexibility index (Phi) is 5.64. The van der Waals surface area contributed by atoms with E-state index in [1.54, 1.807) is 24.3 Å². The normalized spacial score (nSPS) is 22.2. The first-order chi connectivity index (χ1) is 15.5. The van der Waals surface area contributed by atoms with Gasteiger partial charge in [0.05, 0.1) is 43.0 Å². The van der Waals surface area contributed by atoms with Gasteiger partial charge >= 0.3 is 0 Å². The largest absolute Gasteiger partial charge is 0.378 e. The molecular formula is C22H26F2N6O2. The van der Waals surface area contributed by atoms with Crippen molar-refractivity contribution in [1.82, 2.24) is 19.5 Å². The van der Waals surface area contributed by atoms with Crippen LogP contribution in [-0.2, 0) is 9.47 Å². The van der Waals surface area contributed by atoms with E-state index in [1.165, 1.54) is 4.57 Å². The number of halogens is 2. The maximum atomic E-state index is 14.0. The summed E-state index contributed by atoms with van der Waals surface area (Å²) < 4.78 is 40.6. The van der Waals surface area contributed by atoms with Crippen LogP contribution in [0, 0.1) is 0 Å². The second kappa shape index (κ2) is 8.59. The molecule has 32 heavy (non-hydrogen) atoms. The summed E-state index contributed by atoms with van der Waals surface area (Å²) in [4.78, 5) is 17.9. The van der Waals surface area contributed by atoms with Crippen molar-refractivity contribution in [2.75, 3.05) is 49.3 Å². The molecule has 2 saturated heterocycles. The number of ether oxygens (including phenoxy) is 2. The highest BCUT2D eigenvalue weighted by Crippen LogP contribution is 2.30. The molecular weight excluding hydrogens is 418 g/mol. The summed E-state index contributed by atoms with van der Waals surface area (Å²) in [5.41, 5.74) is 1.04. The van der Waals surface area contributed by atoms with Crippen molar-refractivity contribution < 1.29 is 18.3 Å². The summed E-state index contributed by atoms with van der Waals surface area (Å²) in [5, 5.41) is 0. The zero-order valence-electron chi connectivity index (χ0n) is 18.1. The Labute approximate surface area is 184 Å². The van der Waals surface area contributed by atoms with E-state index in [0.717, 1.165) is 0 Å². The standard InChI is InChI=1S/C22H26F2N6O2/c1-14-15(2)32-12-9-29(14)19-13-18(28-7-10-31-11-8-28)26-22(27-19)30-17-6-4-3-5-16(17)25-21(30)20(23)24/h3-6,13-15,20H,7-12H2,1-2H3. The number of nitrogens with zero attached hydrogens (tertiary/aromatic N) is 6. The van der Waals surface area contributed by atoms with Gasteiger partial charge < -0.3 is 19.3 Å². The first-order valence-electron chi connectivity index (χ1n) is 10.9. The quantitative estimate of drug-likeness (QED) is 0.612. The van der Waals surface area contributed by atoms with Crippen LogP contribution in [0.25, 0.3) is 17.0 Å². The third kappa shape index (κ3) is 3.77. The predicted octanol–water partition coefficient (Wildman–Crippen LogP) is 3.20. The SMILES string of the molecule is CC1OCCN(c2cc(N3CCOCC3)nc(-n3c(C(F)F)nc4ccccc43)n2)C1C. The predicted molar refractivity (Wildman–Crippen MR) is 117 cm³/mol. The molecule has 0 saturated carbocycles. The van der Waals surface area contributed by atoms with Gasteiger partial charge in [-0.05, 0) is 26.0 Å². The highest BCUT2D eigenvalue weighted by Gasteiger charge is 2.29. The first-order valence-corrected chi connectivity index (χ1v) is 10.9. The van der Waals surface area contributed by atoms with Crippen LogP contribution in [0.4, 0.5) is 20.4 Å². The molecule has 1 aromatic carbocycles. The van der Waals surface area contributed by atoms with Crippen LogP contribution in [0.3, 0.4) is 0 Å². The second-order valence-electron chi connectivity index (χ2n) is 8.09. The van der Waals surface area contributed by atoms with Crippen molar-refractivity contribution in [3.05, 3.63) is 36.2 Å². The Balaban J connectivity index is 1.68. The summed E-state index contributed by atoms with van der Waals surface area (Å²) in [6, 6.07) is 9.08. The van der Waals surface area contributed by atoms with Gasteiger partial charge in [0.1, 0.15) is 11.6 Å². The fourth-order valence-electron chi connectivity index (χ4n) is 4.27. The monoisotopic (exact) mass is 444 g/mol. The average molecular weight is 444 g/mol. The van der Waals surface area contributed by atoms with Gasteiger partial charge in [0.25, 0.3) is 6.43 Å². The number of morpholine rings is 2. The number of imidazole rings is 1. The molecule has 0 bridgehead atoms.